The maximum atomic E-state index is 6.13. The van der Waals surface area contributed by atoms with Crippen molar-refractivity contribution in [2.24, 2.45) is 0 Å². The summed E-state index contributed by atoms with van der Waals surface area (Å²) in [5.41, 5.74) is 1.87. The van der Waals surface area contributed by atoms with Crippen molar-refractivity contribution in [2.75, 3.05) is 14.2 Å². The average molecular weight is 284 g/mol. The molecule has 18 heavy (non-hydrogen) atoms. The fourth-order valence-corrected chi connectivity index (χ4v) is 2.68. The highest BCUT2D eigenvalue weighted by Gasteiger charge is 2.13. The van der Waals surface area contributed by atoms with Gasteiger partial charge in [0.1, 0.15) is 5.69 Å². The second-order valence-corrected chi connectivity index (χ2v) is 5.09. The van der Waals surface area contributed by atoms with Crippen molar-refractivity contribution >= 4 is 22.9 Å². The topological polar surface area (TPSA) is 31.4 Å². The van der Waals surface area contributed by atoms with E-state index < -0.39 is 6.29 Å². The molecule has 0 bridgehead atoms. The first-order valence-electron chi connectivity index (χ1n) is 5.48. The van der Waals surface area contributed by atoms with Gasteiger partial charge in [-0.2, -0.15) is 0 Å². The lowest BCUT2D eigenvalue weighted by atomic mass is 10.2. The van der Waals surface area contributed by atoms with Gasteiger partial charge in [-0.15, -0.1) is 11.3 Å². The molecule has 0 unspecified atom stereocenters. The third-order valence-electron chi connectivity index (χ3n) is 2.54. The van der Waals surface area contributed by atoms with E-state index >= 15 is 0 Å². The van der Waals surface area contributed by atoms with Gasteiger partial charge >= 0.3 is 0 Å². The smallest absolute Gasteiger partial charge is 0.201 e. The minimum absolute atomic E-state index is 0.402. The number of benzene rings is 1. The van der Waals surface area contributed by atoms with Crippen LogP contribution in [0.2, 0.25) is 5.02 Å². The molecule has 0 spiro atoms. The zero-order valence-electron chi connectivity index (χ0n) is 10.2. The Morgan fingerprint density at radius 3 is 2.67 bits per heavy atom. The van der Waals surface area contributed by atoms with E-state index in [2.05, 4.69) is 4.98 Å². The Kier molecular flexibility index (Phi) is 4.72. The van der Waals surface area contributed by atoms with Gasteiger partial charge in [0.2, 0.25) is 6.29 Å². The molecule has 1 heterocycles. The zero-order chi connectivity index (χ0) is 13.0. The summed E-state index contributed by atoms with van der Waals surface area (Å²) in [6.07, 6.45) is 0.325. The van der Waals surface area contributed by atoms with E-state index in [1.807, 2.05) is 29.6 Å². The van der Waals surface area contributed by atoms with E-state index in [0.717, 1.165) is 27.7 Å². The molecule has 2 rings (SSSR count). The molecule has 5 heteroatoms. The van der Waals surface area contributed by atoms with Crippen LogP contribution in [0.3, 0.4) is 0 Å². The van der Waals surface area contributed by atoms with E-state index in [1.165, 1.54) is 0 Å². The number of aromatic nitrogens is 1. The number of ether oxygens (including phenoxy) is 2. The third kappa shape index (κ3) is 3.09. The van der Waals surface area contributed by atoms with Crippen LogP contribution in [0.15, 0.2) is 29.6 Å². The van der Waals surface area contributed by atoms with E-state index in [9.17, 15) is 0 Å². The summed E-state index contributed by atoms with van der Waals surface area (Å²) < 4.78 is 10.3. The molecule has 0 aliphatic carbocycles. The van der Waals surface area contributed by atoms with E-state index in [4.69, 9.17) is 21.1 Å². The number of thiazole rings is 1. The summed E-state index contributed by atoms with van der Waals surface area (Å²) in [5.74, 6) is 0. The highest BCUT2D eigenvalue weighted by atomic mass is 35.5. The number of methoxy groups -OCH3 is 2. The summed E-state index contributed by atoms with van der Waals surface area (Å²) in [7, 11) is 3.20. The summed E-state index contributed by atoms with van der Waals surface area (Å²) in [6, 6.07) is 7.79. The number of hydrogen-bond acceptors (Lipinski definition) is 4. The maximum Gasteiger partial charge on any atom is 0.201 e. The van der Waals surface area contributed by atoms with Crippen LogP contribution in [0, 0.1) is 0 Å². The van der Waals surface area contributed by atoms with Gasteiger partial charge in [0.25, 0.3) is 0 Å². The Balaban J connectivity index is 2.14. The lowest BCUT2D eigenvalue weighted by molar-refractivity contribution is -0.108. The first-order chi connectivity index (χ1) is 8.74. The molecular formula is C13H14ClNO2S. The number of hydrogen-bond donors (Lipinski definition) is 0. The molecule has 0 aliphatic rings. The van der Waals surface area contributed by atoms with Crippen LogP contribution >= 0.6 is 22.9 Å². The SMILES string of the molecule is COC(OC)c1csc(Cc2ccccc2Cl)n1. The molecule has 0 amide bonds. The predicted octanol–water partition coefficient (Wildman–Crippen LogP) is 3.68. The van der Waals surface area contributed by atoms with Gasteiger partial charge in [-0.1, -0.05) is 29.8 Å². The highest BCUT2D eigenvalue weighted by Crippen LogP contribution is 2.24. The Morgan fingerprint density at radius 1 is 1.28 bits per heavy atom. The van der Waals surface area contributed by atoms with Crippen molar-refractivity contribution in [3.05, 3.63) is 50.9 Å². The Bertz CT molecular complexity index is 511. The van der Waals surface area contributed by atoms with Gasteiger partial charge in [0, 0.05) is 31.0 Å². The fourth-order valence-electron chi connectivity index (χ4n) is 1.66. The van der Waals surface area contributed by atoms with E-state index in [1.54, 1.807) is 25.6 Å². The molecule has 0 fully saturated rings. The van der Waals surface area contributed by atoms with E-state index in [0.29, 0.717) is 0 Å². The quantitative estimate of drug-likeness (QED) is 0.785. The normalized spacial score (nSPS) is 11.1. The van der Waals surface area contributed by atoms with Gasteiger partial charge in [0.05, 0.1) is 5.01 Å². The first kappa shape index (κ1) is 13.5. The van der Waals surface area contributed by atoms with E-state index in [-0.39, 0.29) is 0 Å². The lowest BCUT2D eigenvalue weighted by Gasteiger charge is -2.09. The van der Waals surface area contributed by atoms with Crippen LogP contribution in [-0.4, -0.2) is 19.2 Å². The van der Waals surface area contributed by atoms with Crippen molar-refractivity contribution in [1.82, 2.24) is 4.98 Å². The zero-order valence-corrected chi connectivity index (χ0v) is 11.8. The molecule has 0 atom stereocenters. The second-order valence-electron chi connectivity index (χ2n) is 3.74. The Hall–Kier alpha value is -0.940. The lowest BCUT2D eigenvalue weighted by Crippen LogP contribution is -2.04. The third-order valence-corrected chi connectivity index (χ3v) is 3.77. The average Bonchev–Trinajstić information content (AvgIpc) is 2.82. The van der Waals surface area contributed by atoms with Crippen LogP contribution < -0.4 is 0 Å². The molecule has 1 aromatic heterocycles. The Labute approximate surface area is 115 Å². The molecule has 0 radical (unpaired) electrons. The van der Waals surface area contributed by atoms with Gasteiger partial charge in [-0.3, -0.25) is 0 Å². The van der Waals surface area contributed by atoms with Crippen LogP contribution in [0.5, 0.6) is 0 Å². The predicted molar refractivity (Wildman–Crippen MR) is 73.1 cm³/mol. The van der Waals surface area contributed by atoms with Crippen LogP contribution in [0.1, 0.15) is 22.6 Å². The molecule has 96 valence electrons. The molecular weight excluding hydrogens is 270 g/mol. The summed E-state index contributed by atoms with van der Waals surface area (Å²) in [5, 5.41) is 3.71. The minimum atomic E-state index is -0.402. The molecule has 2 aromatic rings. The largest absolute Gasteiger partial charge is 0.350 e. The molecule has 3 nitrogen and oxygen atoms in total. The molecule has 0 aliphatic heterocycles. The van der Waals surface area contributed by atoms with Crippen molar-refractivity contribution in [2.45, 2.75) is 12.7 Å². The van der Waals surface area contributed by atoms with Crippen molar-refractivity contribution in [3.63, 3.8) is 0 Å². The second kappa shape index (κ2) is 6.29. The number of halogens is 1. The van der Waals surface area contributed by atoms with Crippen molar-refractivity contribution < 1.29 is 9.47 Å². The number of nitrogens with zero attached hydrogens (tertiary/aromatic N) is 1. The monoisotopic (exact) mass is 283 g/mol. The van der Waals surface area contributed by atoms with Gasteiger partial charge in [0.15, 0.2) is 0 Å². The minimum Gasteiger partial charge on any atom is -0.350 e. The standard InChI is InChI=1S/C13H14ClNO2S/c1-16-13(17-2)11-8-18-12(15-11)7-9-5-3-4-6-10(9)14/h3-6,8,13H,7H2,1-2H3. The van der Waals surface area contributed by atoms with Crippen LogP contribution in [0.25, 0.3) is 0 Å². The highest BCUT2D eigenvalue weighted by molar-refractivity contribution is 7.09. The maximum absolute atomic E-state index is 6.13. The molecule has 0 saturated heterocycles. The summed E-state index contributed by atoms with van der Waals surface area (Å²) >= 11 is 7.71. The summed E-state index contributed by atoms with van der Waals surface area (Å²) in [6.45, 7) is 0. The van der Waals surface area contributed by atoms with Gasteiger partial charge in [-0.05, 0) is 11.6 Å². The van der Waals surface area contributed by atoms with Crippen molar-refractivity contribution in [1.29, 1.82) is 0 Å². The van der Waals surface area contributed by atoms with Crippen LogP contribution in [-0.2, 0) is 15.9 Å². The van der Waals surface area contributed by atoms with Gasteiger partial charge in [-0.25, -0.2) is 4.98 Å². The first-order valence-corrected chi connectivity index (χ1v) is 6.73. The molecule has 1 aromatic carbocycles. The van der Waals surface area contributed by atoms with Gasteiger partial charge < -0.3 is 9.47 Å². The van der Waals surface area contributed by atoms with Crippen molar-refractivity contribution in [3.8, 4) is 0 Å². The fraction of sp³-hybridized carbons (Fsp3) is 0.308. The number of rotatable bonds is 5. The molecule has 0 saturated carbocycles. The van der Waals surface area contributed by atoms with Crippen LogP contribution in [0.4, 0.5) is 0 Å². The Morgan fingerprint density at radius 2 is 2.00 bits per heavy atom. The molecule has 0 N–H and O–H groups in total. The summed E-state index contributed by atoms with van der Waals surface area (Å²) in [4.78, 5) is 4.50.